The van der Waals surface area contributed by atoms with Gasteiger partial charge in [-0.1, -0.05) is 201 Å². The average Bonchev–Trinajstić information content (AvgIpc) is 3.39. The first-order valence-electron chi connectivity index (χ1n) is 28.8. The molecule has 2 N–H and O–H groups in total. The molecule has 0 spiro atoms. The van der Waals surface area contributed by atoms with Crippen molar-refractivity contribution < 1.29 is 52.2 Å². The normalized spacial score (nSPS) is 14.2. The van der Waals surface area contributed by atoms with Crippen LogP contribution in [-0.2, 0) is 42.2 Å². The minimum atomic E-state index is -4.77. The highest BCUT2D eigenvalue weighted by molar-refractivity contribution is 7.47. The number of allylic oxidation sites excluding steroid dienone is 18. The van der Waals surface area contributed by atoms with E-state index in [4.69, 9.17) is 23.3 Å². The van der Waals surface area contributed by atoms with Gasteiger partial charge >= 0.3 is 25.7 Å². The molecule has 0 aromatic carbocycles. The Kier molecular flexibility index (Phi) is 52.5. The third kappa shape index (κ3) is 53.0. The predicted octanol–water partition coefficient (Wildman–Crippen LogP) is 17.0. The highest BCUT2D eigenvalue weighted by Gasteiger charge is 2.28. The van der Waals surface area contributed by atoms with Gasteiger partial charge in [0.05, 0.1) is 19.8 Å². The second-order valence-corrected chi connectivity index (χ2v) is 20.2. The van der Waals surface area contributed by atoms with E-state index in [0.29, 0.717) is 25.7 Å². The molecule has 422 valence electrons. The molecule has 0 fully saturated rings. The summed E-state index contributed by atoms with van der Waals surface area (Å²) in [5.74, 6) is -1.56. The van der Waals surface area contributed by atoms with Crippen LogP contribution in [0.1, 0.15) is 226 Å². The molecule has 74 heavy (non-hydrogen) atoms. The van der Waals surface area contributed by atoms with Gasteiger partial charge in [0.1, 0.15) is 12.7 Å². The van der Waals surface area contributed by atoms with Crippen LogP contribution < -0.4 is 0 Å². The highest BCUT2D eigenvalue weighted by atomic mass is 31.2. The van der Waals surface area contributed by atoms with Gasteiger partial charge < -0.3 is 24.2 Å². The van der Waals surface area contributed by atoms with E-state index < -0.39 is 57.8 Å². The fourth-order valence-electron chi connectivity index (χ4n) is 7.26. The molecule has 0 bridgehead atoms. The topological polar surface area (TPSA) is 155 Å². The highest BCUT2D eigenvalue weighted by Crippen LogP contribution is 2.43. The lowest BCUT2D eigenvalue weighted by molar-refractivity contribution is -0.161. The summed E-state index contributed by atoms with van der Waals surface area (Å²) in [4.78, 5) is 48.5. The second kappa shape index (κ2) is 55.4. The molecule has 0 saturated carbocycles. The summed E-state index contributed by atoms with van der Waals surface area (Å²) < 4.78 is 39.4. The van der Waals surface area contributed by atoms with E-state index in [1.165, 1.54) is 38.5 Å². The molecule has 0 aromatic heterocycles. The molecular weight excluding hydrogens is 952 g/mol. The minimum Gasteiger partial charge on any atom is -0.462 e. The van der Waals surface area contributed by atoms with Crippen molar-refractivity contribution in [2.24, 2.45) is 0 Å². The maximum Gasteiger partial charge on any atom is 0.472 e. The van der Waals surface area contributed by atoms with E-state index in [2.05, 4.69) is 118 Å². The molecule has 0 aliphatic carbocycles. The van der Waals surface area contributed by atoms with Crippen LogP contribution in [0.4, 0.5) is 0 Å². The third-order valence-corrected chi connectivity index (χ3v) is 12.6. The van der Waals surface area contributed by atoms with Crippen LogP contribution in [0.3, 0.4) is 0 Å². The molecule has 0 amide bonds. The number of ether oxygens (including phenoxy) is 3. The van der Waals surface area contributed by atoms with Crippen LogP contribution in [0.5, 0.6) is 0 Å². The summed E-state index contributed by atoms with van der Waals surface area (Å²) in [5.41, 5.74) is 0. The molecular formula is C62H103O11P. The van der Waals surface area contributed by atoms with E-state index in [9.17, 15) is 28.9 Å². The smallest absolute Gasteiger partial charge is 0.462 e. The number of unbranched alkanes of at least 4 members (excludes halogenated alkanes) is 17. The number of carbonyl (C=O) groups is 3. The van der Waals surface area contributed by atoms with E-state index in [1.807, 2.05) is 12.2 Å². The standard InChI is InChI=1S/C62H103O11P/c1-4-7-10-13-16-19-22-24-26-28-29-31-33-35-38-41-44-47-50-53-62(66)73-59(55-69-60(64)51-48-45-42-39-36-21-18-15-12-9-6-3)57-71-74(67,68)70-56-58(54-63)72-61(65)52-49-46-43-40-37-34-32-30-27-25-23-20-17-14-11-8-5-2/h8,11,15-20,24-27,29,31-32,34,40,43,58-59,63H,4-7,9-10,12-14,21-23,28,30,33,35-39,41-42,44-57H2,1-3H3,(H,67,68)/b11-8-,18-15-,19-16-,20-17-,26-24-,27-25-,31-29-,34-32-,43-40-. The van der Waals surface area contributed by atoms with Crippen LogP contribution in [0.25, 0.3) is 0 Å². The van der Waals surface area contributed by atoms with Crippen molar-refractivity contribution in [1.29, 1.82) is 0 Å². The van der Waals surface area contributed by atoms with Gasteiger partial charge in [-0.05, 0) is 116 Å². The summed E-state index contributed by atoms with van der Waals surface area (Å²) in [5, 5.41) is 9.80. The molecule has 0 aromatic rings. The van der Waals surface area contributed by atoms with Crippen molar-refractivity contribution in [3.8, 4) is 0 Å². The Morgan fingerprint density at radius 1 is 0.392 bits per heavy atom. The molecule has 3 unspecified atom stereocenters. The lowest BCUT2D eigenvalue weighted by Crippen LogP contribution is -2.30. The summed E-state index contributed by atoms with van der Waals surface area (Å²) >= 11 is 0. The number of esters is 3. The number of carbonyl (C=O) groups excluding carboxylic acids is 3. The summed E-state index contributed by atoms with van der Waals surface area (Å²) in [6, 6.07) is 0. The Labute approximate surface area is 450 Å². The lowest BCUT2D eigenvalue weighted by atomic mass is 10.1. The molecule has 0 radical (unpaired) electrons. The molecule has 3 atom stereocenters. The van der Waals surface area contributed by atoms with Crippen molar-refractivity contribution in [2.75, 3.05) is 26.4 Å². The zero-order chi connectivity index (χ0) is 54.1. The maximum absolute atomic E-state index is 12.9. The van der Waals surface area contributed by atoms with E-state index in [1.54, 1.807) is 0 Å². The Balaban J connectivity index is 4.78. The first-order valence-corrected chi connectivity index (χ1v) is 30.3. The number of aliphatic hydroxyl groups is 1. The fraction of sp³-hybridized carbons (Fsp3) is 0.661. The second-order valence-electron chi connectivity index (χ2n) is 18.7. The van der Waals surface area contributed by atoms with Gasteiger partial charge in [-0.3, -0.25) is 23.4 Å². The van der Waals surface area contributed by atoms with Crippen molar-refractivity contribution in [2.45, 2.75) is 238 Å². The van der Waals surface area contributed by atoms with Gasteiger partial charge in [-0.15, -0.1) is 0 Å². The number of hydrogen-bond acceptors (Lipinski definition) is 10. The number of phosphoric ester groups is 1. The Hall–Kier alpha value is -3.86. The van der Waals surface area contributed by atoms with E-state index >= 15 is 0 Å². The Bertz CT molecular complexity index is 1660. The molecule has 12 heteroatoms. The van der Waals surface area contributed by atoms with E-state index in [-0.39, 0.29) is 25.9 Å². The summed E-state index contributed by atoms with van der Waals surface area (Å²) in [6.45, 7) is 4.36. The minimum absolute atomic E-state index is 0.0925. The molecule has 0 aliphatic rings. The fourth-order valence-corrected chi connectivity index (χ4v) is 8.04. The van der Waals surface area contributed by atoms with Crippen LogP contribution >= 0.6 is 7.82 Å². The Morgan fingerprint density at radius 3 is 1.19 bits per heavy atom. The van der Waals surface area contributed by atoms with Gasteiger partial charge in [0.15, 0.2) is 6.10 Å². The molecule has 0 heterocycles. The van der Waals surface area contributed by atoms with E-state index in [0.717, 1.165) is 122 Å². The maximum atomic E-state index is 12.9. The summed E-state index contributed by atoms with van der Waals surface area (Å²) in [6.07, 6.45) is 66.3. The number of hydrogen-bond donors (Lipinski definition) is 2. The Morgan fingerprint density at radius 2 is 0.730 bits per heavy atom. The molecule has 0 rings (SSSR count). The van der Waals surface area contributed by atoms with Crippen LogP contribution in [-0.4, -0.2) is 66.5 Å². The summed E-state index contributed by atoms with van der Waals surface area (Å²) in [7, 11) is -4.77. The van der Waals surface area contributed by atoms with Crippen molar-refractivity contribution >= 4 is 25.7 Å². The largest absolute Gasteiger partial charge is 0.472 e. The first-order chi connectivity index (χ1) is 36.2. The number of rotatable bonds is 52. The first kappa shape index (κ1) is 70.1. The van der Waals surface area contributed by atoms with Crippen LogP contribution in [0.15, 0.2) is 109 Å². The number of phosphoric acid groups is 1. The van der Waals surface area contributed by atoms with Crippen LogP contribution in [0, 0.1) is 0 Å². The zero-order valence-corrected chi connectivity index (χ0v) is 47.4. The van der Waals surface area contributed by atoms with Crippen molar-refractivity contribution in [3.05, 3.63) is 109 Å². The zero-order valence-electron chi connectivity index (χ0n) is 46.5. The number of aliphatic hydroxyl groups excluding tert-OH is 1. The van der Waals surface area contributed by atoms with Crippen LogP contribution in [0.2, 0.25) is 0 Å². The lowest BCUT2D eigenvalue weighted by Gasteiger charge is -2.21. The van der Waals surface area contributed by atoms with Gasteiger partial charge in [0.2, 0.25) is 0 Å². The molecule has 0 aliphatic heterocycles. The van der Waals surface area contributed by atoms with Gasteiger partial charge in [0.25, 0.3) is 0 Å². The quantitative estimate of drug-likeness (QED) is 0.0197. The predicted molar refractivity (Wildman–Crippen MR) is 307 cm³/mol. The van der Waals surface area contributed by atoms with Gasteiger partial charge in [0, 0.05) is 19.3 Å². The monoisotopic (exact) mass is 1050 g/mol. The average molecular weight is 1060 g/mol. The SMILES string of the molecule is CC/C=C\C/C=C\C/C=C\C/C=C\C/C=C\CCCC(=O)OC(CO)COP(=O)(O)OCC(COC(=O)CCCCCCC/C=C\CCCC)OC(=O)CCCCCCCC/C=C\C/C=C\C/C=C\CCCCC. The van der Waals surface area contributed by atoms with Gasteiger partial charge in [-0.2, -0.15) is 0 Å². The third-order valence-electron chi connectivity index (χ3n) is 11.6. The molecule has 11 nitrogen and oxygen atoms in total. The van der Waals surface area contributed by atoms with Gasteiger partial charge in [-0.25, -0.2) is 4.57 Å². The van der Waals surface area contributed by atoms with Crippen molar-refractivity contribution in [1.82, 2.24) is 0 Å². The molecule has 0 saturated heterocycles. The van der Waals surface area contributed by atoms with Crippen molar-refractivity contribution in [3.63, 3.8) is 0 Å².